The minimum atomic E-state index is 0. The number of nitrogens with one attached hydrogen (secondary N) is 1. The molecule has 3 aromatic heterocycles. The highest BCUT2D eigenvalue weighted by atomic mass is 35.5. The molecule has 1 aliphatic heterocycles. The maximum Gasteiger partial charge on any atom is 0.230 e. The van der Waals surface area contributed by atoms with Crippen molar-refractivity contribution in [2.75, 3.05) is 49.2 Å². The Hall–Kier alpha value is -4.14. The van der Waals surface area contributed by atoms with Crippen molar-refractivity contribution in [3.05, 3.63) is 54.4 Å². The topological polar surface area (TPSA) is 134 Å². The zero-order valence-electron chi connectivity index (χ0n) is 18.4. The summed E-state index contributed by atoms with van der Waals surface area (Å²) < 4.78 is 7.18. The van der Waals surface area contributed by atoms with Crippen LogP contribution < -0.4 is 20.7 Å². The molecule has 5 rings (SSSR count). The van der Waals surface area contributed by atoms with E-state index in [2.05, 4.69) is 48.3 Å². The van der Waals surface area contributed by atoms with Crippen molar-refractivity contribution in [2.24, 2.45) is 0 Å². The molecule has 0 atom stereocenters. The highest BCUT2D eigenvalue weighted by molar-refractivity contribution is 5.85. The zero-order chi connectivity index (χ0) is 22.8. The van der Waals surface area contributed by atoms with Gasteiger partial charge in [0, 0.05) is 44.3 Å². The lowest BCUT2D eigenvalue weighted by molar-refractivity contribution is 0.311. The average molecular weight is 479 g/mol. The summed E-state index contributed by atoms with van der Waals surface area (Å²) in [5.74, 6) is 2.42. The summed E-state index contributed by atoms with van der Waals surface area (Å²) in [7, 11) is 2.08. The number of nitrogens with zero attached hydrogens (tertiary/aromatic N) is 8. The Morgan fingerprint density at radius 1 is 1.00 bits per heavy atom. The van der Waals surface area contributed by atoms with Crippen LogP contribution in [0, 0.1) is 11.3 Å². The largest absolute Gasteiger partial charge is 0.457 e. The fourth-order valence-corrected chi connectivity index (χ4v) is 3.57. The van der Waals surface area contributed by atoms with Crippen LogP contribution in [-0.2, 0) is 0 Å². The summed E-state index contributed by atoms with van der Waals surface area (Å²) in [6.45, 7) is 3.40. The number of ether oxygens (including phenoxy) is 1. The number of hydrogen-bond acceptors (Lipinski definition) is 10. The monoisotopic (exact) mass is 478 g/mol. The number of nitrogens with two attached hydrogens (primary N) is 1. The molecule has 4 aromatic rings. The summed E-state index contributed by atoms with van der Waals surface area (Å²) in [6.07, 6.45) is 3.34. The van der Waals surface area contributed by atoms with Crippen LogP contribution in [0.4, 0.5) is 23.4 Å². The molecule has 4 heterocycles. The summed E-state index contributed by atoms with van der Waals surface area (Å²) in [5.41, 5.74) is 7.58. The van der Waals surface area contributed by atoms with Gasteiger partial charge in [-0.3, -0.25) is 4.98 Å². The van der Waals surface area contributed by atoms with Gasteiger partial charge in [0.1, 0.15) is 23.1 Å². The van der Waals surface area contributed by atoms with Crippen LogP contribution in [0.2, 0.25) is 0 Å². The molecule has 0 radical (unpaired) electrons. The van der Waals surface area contributed by atoms with E-state index in [4.69, 9.17) is 10.5 Å². The number of fused-ring (bicyclic) bond motifs is 1. The van der Waals surface area contributed by atoms with Gasteiger partial charge in [0.15, 0.2) is 11.5 Å². The Kier molecular flexibility index (Phi) is 6.62. The van der Waals surface area contributed by atoms with Gasteiger partial charge >= 0.3 is 0 Å². The maximum absolute atomic E-state index is 9.83. The van der Waals surface area contributed by atoms with E-state index >= 15 is 0 Å². The van der Waals surface area contributed by atoms with Crippen molar-refractivity contribution in [2.45, 2.75) is 0 Å². The third-order valence-electron chi connectivity index (χ3n) is 5.40. The standard InChI is InChI=1S/C22H22N10O.ClH/c1-30-10-12-31(13-11-30)22-27-20-18(14-23)19(29-32(20)21(24)28-22)26-15-2-4-16(5-3-15)33-17-6-8-25-9-7-17;/h2-9H,10-13H2,1H3,(H,26,29)(H2,24,27,28);1H. The lowest BCUT2D eigenvalue weighted by atomic mass is 10.2. The van der Waals surface area contributed by atoms with E-state index in [1.54, 1.807) is 24.5 Å². The molecule has 34 heavy (non-hydrogen) atoms. The van der Waals surface area contributed by atoms with Gasteiger partial charge < -0.3 is 25.6 Å². The molecule has 1 fully saturated rings. The number of pyridine rings is 1. The van der Waals surface area contributed by atoms with Crippen LogP contribution >= 0.6 is 12.4 Å². The van der Waals surface area contributed by atoms with E-state index in [0.29, 0.717) is 34.5 Å². The smallest absolute Gasteiger partial charge is 0.230 e. The number of halogens is 1. The Balaban J connectivity index is 0.00000274. The third-order valence-corrected chi connectivity index (χ3v) is 5.40. The molecule has 0 unspecified atom stereocenters. The van der Waals surface area contributed by atoms with Gasteiger partial charge in [-0.05, 0) is 43.4 Å². The molecule has 0 spiro atoms. The minimum absolute atomic E-state index is 0. The van der Waals surface area contributed by atoms with E-state index < -0.39 is 0 Å². The Bertz CT molecular complexity index is 1310. The molecule has 3 N–H and O–H groups in total. The van der Waals surface area contributed by atoms with E-state index in [1.165, 1.54) is 4.52 Å². The van der Waals surface area contributed by atoms with Crippen LogP contribution in [0.1, 0.15) is 5.56 Å². The first-order chi connectivity index (χ1) is 16.1. The van der Waals surface area contributed by atoms with Crippen LogP contribution in [0.3, 0.4) is 0 Å². The molecule has 1 saturated heterocycles. The normalized spacial score (nSPS) is 13.8. The van der Waals surface area contributed by atoms with Gasteiger partial charge in [0.25, 0.3) is 0 Å². The van der Waals surface area contributed by atoms with E-state index in [9.17, 15) is 5.26 Å². The molecule has 0 amide bonds. The summed E-state index contributed by atoms with van der Waals surface area (Å²) in [4.78, 5) is 17.3. The quantitative estimate of drug-likeness (QED) is 0.440. The number of nitrogen functional groups attached to an aromatic ring is 1. The van der Waals surface area contributed by atoms with Crippen molar-refractivity contribution in [1.82, 2.24) is 29.5 Å². The second kappa shape index (κ2) is 9.78. The molecule has 1 aromatic carbocycles. The first-order valence-electron chi connectivity index (χ1n) is 10.5. The number of anilines is 4. The van der Waals surface area contributed by atoms with Crippen molar-refractivity contribution >= 4 is 41.5 Å². The highest BCUT2D eigenvalue weighted by Gasteiger charge is 2.22. The molecule has 12 heteroatoms. The van der Waals surface area contributed by atoms with Crippen molar-refractivity contribution in [3.8, 4) is 17.6 Å². The van der Waals surface area contributed by atoms with E-state index in [0.717, 1.165) is 31.9 Å². The SMILES string of the molecule is CN1CCN(c2nc(N)n3nc(Nc4ccc(Oc5ccncc5)cc4)c(C#N)c3n2)CC1.Cl. The minimum Gasteiger partial charge on any atom is -0.457 e. The van der Waals surface area contributed by atoms with Crippen LogP contribution in [0.5, 0.6) is 11.5 Å². The Labute approximate surface area is 202 Å². The maximum atomic E-state index is 9.83. The lowest BCUT2D eigenvalue weighted by Crippen LogP contribution is -2.45. The third kappa shape index (κ3) is 4.63. The van der Waals surface area contributed by atoms with Crippen molar-refractivity contribution in [3.63, 3.8) is 0 Å². The fraction of sp³-hybridized carbons (Fsp3) is 0.227. The number of hydrogen-bond donors (Lipinski definition) is 2. The summed E-state index contributed by atoms with van der Waals surface area (Å²) in [5, 5.41) is 17.4. The molecular weight excluding hydrogens is 456 g/mol. The number of rotatable bonds is 5. The van der Waals surface area contributed by atoms with Gasteiger partial charge in [-0.1, -0.05) is 0 Å². The van der Waals surface area contributed by atoms with Gasteiger partial charge in [0.2, 0.25) is 11.9 Å². The molecule has 11 nitrogen and oxygen atoms in total. The van der Waals surface area contributed by atoms with Gasteiger partial charge in [0.05, 0.1) is 0 Å². The van der Waals surface area contributed by atoms with Gasteiger partial charge in [-0.2, -0.15) is 19.7 Å². The summed E-state index contributed by atoms with van der Waals surface area (Å²) >= 11 is 0. The fourth-order valence-electron chi connectivity index (χ4n) is 3.57. The highest BCUT2D eigenvalue weighted by Crippen LogP contribution is 2.27. The zero-order valence-corrected chi connectivity index (χ0v) is 19.2. The Morgan fingerprint density at radius 2 is 1.68 bits per heavy atom. The number of likely N-dealkylation sites (N-methyl/N-ethyl adjacent to an activating group) is 1. The number of benzene rings is 1. The number of nitriles is 1. The first kappa shape index (κ1) is 23.0. The lowest BCUT2D eigenvalue weighted by Gasteiger charge is -2.32. The van der Waals surface area contributed by atoms with Crippen molar-refractivity contribution < 1.29 is 4.74 Å². The molecule has 0 saturated carbocycles. The molecule has 0 aliphatic carbocycles. The van der Waals surface area contributed by atoms with Gasteiger partial charge in [-0.25, -0.2) is 0 Å². The predicted molar refractivity (Wildman–Crippen MR) is 131 cm³/mol. The first-order valence-corrected chi connectivity index (χ1v) is 10.5. The predicted octanol–water partition coefficient (Wildman–Crippen LogP) is 2.68. The van der Waals surface area contributed by atoms with Crippen LogP contribution in [-0.4, -0.2) is 62.7 Å². The molecule has 174 valence electrons. The summed E-state index contributed by atoms with van der Waals surface area (Å²) in [6, 6.07) is 13.1. The average Bonchev–Trinajstić information content (AvgIpc) is 3.19. The number of piperazine rings is 1. The second-order valence-corrected chi connectivity index (χ2v) is 7.68. The van der Waals surface area contributed by atoms with Crippen LogP contribution in [0.25, 0.3) is 5.65 Å². The van der Waals surface area contributed by atoms with Crippen molar-refractivity contribution in [1.29, 1.82) is 5.26 Å². The molecular formula is C22H23ClN10O. The van der Waals surface area contributed by atoms with E-state index in [1.807, 2.05) is 24.3 Å². The molecule has 1 aliphatic rings. The van der Waals surface area contributed by atoms with Crippen LogP contribution in [0.15, 0.2) is 48.8 Å². The van der Waals surface area contributed by atoms with E-state index in [-0.39, 0.29) is 18.4 Å². The Morgan fingerprint density at radius 3 is 2.35 bits per heavy atom. The molecule has 0 bridgehead atoms. The second-order valence-electron chi connectivity index (χ2n) is 7.68. The number of aromatic nitrogens is 5. The van der Waals surface area contributed by atoms with Gasteiger partial charge in [-0.15, -0.1) is 17.5 Å².